The number of likely N-dealkylation sites (N-methyl/N-ethyl adjacent to an activating group) is 1. The molecule has 2 aliphatic carbocycles. The fourth-order valence-electron chi connectivity index (χ4n) is 3.88. The number of nitrogens with zero attached hydrogens (tertiary/aromatic N) is 1. The Hall–Kier alpha value is -0.570. The summed E-state index contributed by atoms with van der Waals surface area (Å²) in [5.41, 5.74) is 3.28. The van der Waals surface area contributed by atoms with Crippen LogP contribution in [0.25, 0.3) is 0 Å². The summed E-state index contributed by atoms with van der Waals surface area (Å²) in [6.07, 6.45) is 7.69. The average Bonchev–Trinajstić information content (AvgIpc) is 3.02. The molecule has 0 spiro atoms. The van der Waals surface area contributed by atoms with Crippen molar-refractivity contribution in [2.24, 2.45) is 0 Å². The van der Waals surface area contributed by atoms with E-state index >= 15 is 0 Å². The maximum absolute atomic E-state index is 6.09. The van der Waals surface area contributed by atoms with Crippen molar-refractivity contribution in [1.29, 1.82) is 0 Å². The maximum Gasteiger partial charge on any atom is 0.0408 e. The second-order valence-corrected chi connectivity index (χ2v) is 7.16. The molecule has 0 bridgehead atoms. The van der Waals surface area contributed by atoms with Crippen molar-refractivity contribution < 1.29 is 0 Å². The lowest BCUT2D eigenvalue weighted by atomic mass is 9.95. The Morgan fingerprint density at radius 3 is 2.60 bits per heavy atom. The first-order valence-corrected chi connectivity index (χ1v) is 8.15. The van der Waals surface area contributed by atoms with E-state index in [1.165, 1.54) is 36.8 Å². The molecule has 1 unspecified atom stereocenters. The van der Waals surface area contributed by atoms with Crippen molar-refractivity contribution in [3.63, 3.8) is 0 Å². The van der Waals surface area contributed by atoms with Crippen LogP contribution in [0.3, 0.4) is 0 Å². The van der Waals surface area contributed by atoms with E-state index in [2.05, 4.69) is 36.4 Å². The van der Waals surface area contributed by atoms with E-state index in [0.29, 0.717) is 11.6 Å². The van der Waals surface area contributed by atoms with Gasteiger partial charge >= 0.3 is 0 Å². The Labute approximate surface area is 127 Å². The van der Waals surface area contributed by atoms with Gasteiger partial charge in [-0.15, -0.1) is 0 Å². The minimum absolute atomic E-state index is 0.381. The molecule has 3 heteroatoms. The molecule has 0 amide bonds. The molecule has 0 saturated heterocycles. The van der Waals surface area contributed by atoms with Crippen LogP contribution in [-0.2, 0) is 12.8 Å². The molecule has 0 heterocycles. The van der Waals surface area contributed by atoms with E-state index in [1.807, 2.05) is 6.07 Å². The Kier molecular flexibility index (Phi) is 4.07. The van der Waals surface area contributed by atoms with Crippen LogP contribution in [0.1, 0.15) is 36.8 Å². The first-order chi connectivity index (χ1) is 9.59. The first-order valence-electron chi connectivity index (χ1n) is 7.77. The third-order valence-electron chi connectivity index (χ3n) is 5.30. The summed E-state index contributed by atoms with van der Waals surface area (Å²) in [5.74, 6) is 0. The van der Waals surface area contributed by atoms with E-state index in [-0.39, 0.29) is 0 Å². The number of fused-ring (bicyclic) bond motifs is 1. The van der Waals surface area contributed by atoms with Crippen molar-refractivity contribution in [2.45, 2.75) is 50.1 Å². The van der Waals surface area contributed by atoms with E-state index in [0.717, 1.165) is 24.4 Å². The predicted molar refractivity (Wildman–Crippen MR) is 85.5 cm³/mol. The SMILES string of the molecule is CN(C)C1(CNC2Cc3ccc(Cl)cc3C2)CCCC1. The molecule has 2 aliphatic rings. The fourth-order valence-corrected chi connectivity index (χ4v) is 4.08. The Balaban J connectivity index is 1.61. The molecule has 1 fully saturated rings. The summed E-state index contributed by atoms with van der Waals surface area (Å²) in [4.78, 5) is 2.44. The van der Waals surface area contributed by atoms with E-state index < -0.39 is 0 Å². The van der Waals surface area contributed by atoms with Gasteiger partial charge in [0.15, 0.2) is 0 Å². The van der Waals surface area contributed by atoms with E-state index in [9.17, 15) is 0 Å². The van der Waals surface area contributed by atoms with Crippen LogP contribution >= 0.6 is 11.6 Å². The zero-order valence-corrected chi connectivity index (χ0v) is 13.3. The number of benzene rings is 1. The van der Waals surface area contributed by atoms with Crippen molar-refractivity contribution in [3.05, 3.63) is 34.3 Å². The molecule has 0 radical (unpaired) electrons. The lowest BCUT2D eigenvalue weighted by Gasteiger charge is -2.37. The number of hydrogen-bond acceptors (Lipinski definition) is 2. The minimum Gasteiger partial charge on any atom is -0.311 e. The molecule has 1 N–H and O–H groups in total. The van der Waals surface area contributed by atoms with Crippen LogP contribution in [-0.4, -0.2) is 37.1 Å². The first kappa shape index (κ1) is 14.4. The van der Waals surface area contributed by atoms with E-state index in [4.69, 9.17) is 11.6 Å². The fraction of sp³-hybridized carbons (Fsp3) is 0.647. The van der Waals surface area contributed by atoms with Crippen LogP contribution in [0.5, 0.6) is 0 Å². The highest BCUT2D eigenvalue weighted by molar-refractivity contribution is 6.30. The van der Waals surface area contributed by atoms with Gasteiger partial charge in [0.05, 0.1) is 0 Å². The second kappa shape index (κ2) is 5.67. The van der Waals surface area contributed by atoms with Gasteiger partial charge in [0.2, 0.25) is 0 Å². The van der Waals surface area contributed by atoms with Crippen molar-refractivity contribution in [2.75, 3.05) is 20.6 Å². The molecule has 0 aliphatic heterocycles. The summed E-state index contributed by atoms with van der Waals surface area (Å²) in [6.45, 7) is 1.12. The van der Waals surface area contributed by atoms with Gasteiger partial charge in [0, 0.05) is 23.1 Å². The van der Waals surface area contributed by atoms with Crippen LogP contribution in [0.2, 0.25) is 5.02 Å². The molecule has 20 heavy (non-hydrogen) atoms. The van der Waals surface area contributed by atoms with Gasteiger partial charge < -0.3 is 10.2 Å². The van der Waals surface area contributed by atoms with Gasteiger partial charge in [-0.3, -0.25) is 0 Å². The van der Waals surface area contributed by atoms with Crippen LogP contribution in [0.15, 0.2) is 18.2 Å². The average molecular weight is 293 g/mol. The number of rotatable bonds is 4. The number of nitrogens with one attached hydrogen (secondary N) is 1. The third kappa shape index (κ3) is 2.74. The molecule has 1 saturated carbocycles. The molecular weight excluding hydrogens is 268 g/mol. The molecule has 3 rings (SSSR count). The summed E-state index contributed by atoms with van der Waals surface area (Å²) in [7, 11) is 4.46. The normalized spacial score (nSPS) is 24.3. The minimum atomic E-state index is 0.381. The highest BCUT2D eigenvalue weighted by atomic mass is 35.5. The molecule has 110 valence electrons. The van der Waals surface area contributed by atoms with E-state index in [1.54, 1.807) is 0 Å². The standard InChI is InChI=1S/C17H25ClN2/c1-20(2)17(7-3-4-8-17)12-19-16-10-13-5-6-15(18)9-14(13)11-16/h5-6,9,16,19H,3-4,7-8,10-12H2,1-2H3. The van der Waals surface area contributed by atoms with Gasteiger partial charge in [-0.2, -0.15) is 0 Å². The topological polar surface area (TPSA) is 15.3 Å². The Bertz CT molecular complexity index is 478. The summed E-state index contributed by atoms with van der Waals surface area (Å²) in [5, 5.41) is 4.69. The van der Waals surface area contributed by atoms with Crippen molar-refractivity contribution in [3.8, 4) is 0 Å². The Morgan fingerprint density at radius 2 is 1.90 bits per heavy atom. The maximum atomic E-state index is 6.09. The highest BCUT2D eigenvalue weighted by Gasteiger charge is 2.36. The monoisotopic (exact) mass is 292 g/mol. The number of hydrogen-bond donors (Lipinski definition) is 1. The molecule has 1 aromatic carbocycles. The molecule has 0 aromatic heterocycles. The van der Waals surface area contributed by atoms with Gasteiger partial charge in [0.1, 0.15) is 0 Å². The van der Waals surface area contributed by atoms with Gasteiger partial charge in [0.25, 0.3) is 0 Å². The summed E-state index contributed by atoms with van der Waals surface area (Å²) in [6, 6.07) is 6.92. The summed E-state index contributed by atoms with van der Waals surface area (Å²) >= 11 is 6.09. The molecular formula is C17H25ClN2. The zero-order valence-electron chi connectivity index (χ0n) is 12.6. The highest BCUT2D eigenvalue weighted by Crippen LogP contribution is 2.34. The molecule has 2 nitrogen and oxygen atoms in total. The Morgan fingerprint density at radius 1 is 1.20 bits per heavy atom. The lowest BCUT2D eigenvalue weighted by Crippen LogP contribution is -2.51. The van der Waals surface area contributed by atoms with Crippen molar-refractivity contribution >= 4 is 11.6 Å². The quantitative estimate of drug-likeness (QED) is 0.916. The van der Waals surface area contributed by atoms with Gasteiger partial charge in [-0.05, 0) is 63.0 Å². The zero-order chi connectivity index (χ0) is 14.2. The summed E-state index contributed by atoms with van der Waals surface area (Å²) < 4.78 is 0. The predicted octanol–water partition coefficient (Wildman–Crippen LogP) is 3.27. The lowest BCUT2D eigenvalue weighted by molar-refractivity contribution is 0.149. The third-order valence-corrected chi connectivity index (χ3v) is 5.54. The van der Waals surface area contributed by atoms with Crippen LogP contribution < -0.4 is 5.32 Å². The van der Waals surface area contributed by atoms with Gasteiger partial charge in [-0.1, -0.05) is 30.5 Å². The largest absolute Gasteiger partial charge is 0.311 e. The molecule has 1 atom stereocenters. The van der Waals surface area contributed by atoms with Crippen LogP contribution in [0, 0.1) is 0 Å². The molecule has 1 aromatic rings. The van der Waals surface area contributed by atoms with Gasteiger partial charge in [-0.25, -0.2) is 0 Å². The second-order valence-electron chi connectivity index (χ2n) is 6.72. The van der Waals surface area contributed by atoms with Crippen LogP contribution in [0.4, 0.5) is 0 Å². The smallest absolute Gasteiger partial charge is 0.0408 e. The number of halogens is 1. The van der Waals surface area contributed by atoms with Crippen molar-refractivity contribution in [1.82, 2.24) is 10.2 Å².